The Balaban J connectivity index is 2.33. The smallest absolute Gasteiger partial charge is 0.0570 e. The van der Waals surface area contributed by atoms with E-state index in [9.17, 15) is 0 Å². The standard InChI is InChI=1S/C15H26N2/c1-4-6-9-14(5-2)12-17-13(3)15-10-7-8-11-16-15/h7-8,10-11,13-14,17H,4-6,9,12H2,1-3H3. The van der Waals surface area contributed by atoms with Crippen LogP contribution >= 0.6 is 0 Å². The number of unbranched alkanes of at least 4 members (excludes halogenated alkanes) is 1. The molecule has 0 bridgehead atoms. The van der Waals surface area contributed by atoms with Gasteiger partial charge in [-0.25, -0.2) is 0 Å². The summed E-state index contributed by atoms with van der Waals surface area (Å²) < 4.78 is 0. The van der Waals surface area contributed by atoms with Crippen molar-refractivity contribution in [2.45, 2.75) is 52.5 Å². The van der Waals surface area contributed by atoms with Crippen molar-refractivity contribution in [2.24, 2.45) is 5.92 Å². The molecular weight excluding hydrogens is 208 g/mol. The van der Waals surface area contributed by atoms with Crippen LogP contribution in [0.4, 0.5) is 0 Å². The van der Waals surface area contributed by atoms with E-state index in [1.165, 1.54) is 25.7 Å². The zero-order valence-electron chi connectivity index (χ0n) is 11.4. The molecule has 0 saturated heterocycles. The number of rotatable bonds is 8. The van der Waals surface area contributed by atoms with Crippen LogP contribution in [0, 0.1) is 5.92 Å². The number of pyridine rings is 1. The van der Waals surface area contributed by atoms with Gasteiger partial charge >= 0.3 is 0 Å². The van der Waals surface area contributed by atoms with Crippen LogP contribution in [0.3, 0.4) is 0 Å². The molecule has 0 aliphatic carbocycles. The molecule has 0 radical (unpaired) electrons. The van der Waals surface area contributed by atoms with Crippen LogP contribution in [0.15, 0.2) is 24.4 Å². The Hall–Kier alpha value is -0.890. The lowest BCUT2D eigenvalue weighted by molar-refractivity contribution is 0.396. The van der Waals surface area contributed by atoms with Crippen LogP contribution in [0.2, 0.25) is 0 Å². The molecule has 0 aliphatic heterocycles. The Morgan fingerprint density at radius 2 is 2.12 bits per heavy atom. The summed E-state index contributed by atoms with van der Waals surface area (Å²) in [6.45, 7) is 7.84. The number of nitrogens with zero attached hydrogens (tertiary/aromatic N) is 1. The SMILES string of the molecule is CCCCC(CC)CNC(C)c1ccccn1. The van der Waals surface area contributed by atoms with Gasteiger partial charge in [-0.3, -0.25) is 4.98 Å². The summed E-state index contributed by atoms with van der Waals surface area (Å²) in [5, 5.41) is 3.60. The van der Waals surface area contributed by atoms with Crippen molar-refractivity contribution in [1.82, 2.24) is 10.3 Å². The summed E-state index contributed by atoms with van der Waals surface area (Å²) in [6, 6.07) is 6.46. The van der Waals surface area contributed by atoms with E-state index >= 15 is 0 Å². The summed E-state index contributed by atoms with van der Waals surface area (Å²) in [7, 11) is 0. The van der Waals surface area contributed by atoms with E-state index in [-0.39, 0.29) is 0 Å². The summed E-state index contributed by atoms with van der Waals surface area (Å²) in [6.07, 6.45) is 7.11. The third-order valence-electron chi connectivity index (χ3n) is 3.39. The van der Waals surface area contributed by atoms with Crippen molar-refractivity contribution in [3.8, 4) is 0 Å². The molecule has 1 aromatic heterocycles. The van der Waals surface area contributed by atoms with Gasteiger partial charge in [-0.05, 0) is 37.9 Å². The van der Waals surface area contributed by atoms with E-state index in [1.807, 2.05) is 12.3 Å². The second-order valence-electron chi connectivity index (χ2n) is 4.80. The van der Waals surface area contributed by atoms with E-state index in [0.717, 1.165) is 18.2 Å². The van der Waals surface area contributed by atoms with Gasteiger partial charge in [-0.15, -0.1) is 0 Å². The lowest BCUT2D eigenvalue weighted by atomic mass is 9.99. The molecule has 0 amide bonds. The van der Waals surface area contributed by atoms with E-state index in [4.69, 9.17) is 0 Å². The van der Waals surface area contributed by atoms with Gasteiger partial charge in [0, 0.05) is 12.2 Å². The maximum Gasteiger partial charge on any atom is 0.0570 e. The van der Waals surface area contributed by atoms with Crippen LogP contribution < -0.4 is 5.32 Å². The van der Waals surface area contributed by atoms with Crippen molar-refractivity contribution >= 4 is 0 Å². The minimum absolute atomic E-state index is 0.354. The molecule has 0 aliphatic rings. The van der Waals surface area contributed by atoms with Gasteiger partial charge < -0.3 is 5.32 Å². The fraction of sp³-hybridized carbons (Fsp3) is 0.667. The third kappa shape index (κ3) is 5.31. The molecule has 0 spiro atoms. The van der Waals surface area contributed by atoms with Crippen molar-refractivity contribution < 1.29 is 0 Å². The van der Waals surface area contributed by atoms with E-state index in [0.29, 0.717) is 6.04 Å². The maximum atomic E-state index is 4.38. The first-order valence-corrected chi connectivity index (χ1v) is 6.92. The van der Waals surface area contributed by atoms with Gasteiger partial charge in [0.15, 0.2) is 0 Å². The predicted octanol–water partition coefficient (Wildman–Crippen LogP) is 3.95. The molecule has 96 valence electrons. The molecule has 1 N–H and O–H groups in total. The van der Waals surface area contributed by atoms with Crippen LogP contribution in [0.25, 0.3) is 0 Å². The van der Waals surface area contributed by atoms with Crippen LogP contribution in [0.1, 0.15) is 58.2 Å². The fourth-order valence-corrected chi connectivity index (χ4v) is 2.02. The van der Waals surface area contributed by atoms with Crippen LogP contribution in [-0.4, -0.2) is 11.5 Å². The van der Waals surface area contributed by atoms with Crippen molar-refractivity contribution in [1.29, 1.82) is 0 Å². The van der Waals surface area contributed by atoms with E-state index in [1.54, 1.807) is 0 Å². The Morgan fingerprint density at radius 1 is 1.29 bits per heavy atom. The third-order valence-corrected chi connectivity index (χ3v) is 3.39. The van der Waals surface area contributed by atoms with Crippen molar-refractivity contribution in [2.75, 3.05) is 6.54 Å². The Bertz CT molecular complexity index is 284. The number of aromatic nitrogens is 1. The molecule has 0 aromatic carbocycles. The Kier molecular flexibility index (Phi) is 6.87. The molecule has 2 nitrogen and oxygen atoms in total. The van der Waals surface area contributed by atoms with Gasteiger partial charge in [0.05, 0.1) is 5.69 Å². The van der Waals surface area contributed by atoms with Gasteiger partial charge in [-0.1, -0.05) is 39.2 Å². The molecule has 2 heteroatoms. The second-order valence-corrected chi connectivity index (χ2v) is 4.80. The maximum absolute atomic E-state index is 4.38. The van der Waals surface area contributed by atoms with Crippen molar-refractivity contribution in [3.05, 3.63) is 30.1 Å². The quantitative estimate of drug-likeness (QED) is 0.736. The van der Waals surface area contributed by atoms with E-state index < -0.39 is 0 Å². The Labute approximate surface area is 106 Å². The molecule has 2 unspecified atom stereocenters. The van der Waals surface area contributed by atoms with Gasteiger partial charge in [0.2, 0.25) is 0 Å². The lowest BCUT2D eigenvalue weighted by Crippen LogP contribution is -2.26. The molecular formula is C15H26N2. The first-order chi connectivity index (χ1) is 8.27. The van der Waals surface area contributed by atoms with Gasteiger partial charge in [-0.2, -0.15) is 0 Å². The largest absolute Gasteiger partial charge is 0.309 e. The molecule has 17 heavy (non-hydrogen) atoms. The summed E-state index contributed by atoms with van der Waals surface area (Å²) in [5.41, 5.74) is 1.14. The molecule has 1 aromatic rings. The molecule has 2 atom stereocenters. The minimum atomic E-state index is 0.354. The molecule has 1 rings (SSSR count). The molecule has 0 saturated carbocycles. The average molecular weight is 234 g/mol. The minimum Gasteiger partial charge on any atom is -0.309 e. The summed E-state index contributed by atoms with van der Waals surface area (Å²) in [4.78, 5) is 4.38. The monoisotopic (exact) mass is 234 g/mol. The Morgan fingerprint density at radius 3 is 2.71 bits per heavy atom. The number of hydrogen-bond donors (Lipinski definition) is 1. The topological polar surface area (TPSA) is 24.9 Å². The highest BCUT2D eigenvalue weighted by Crippen LogP contribution is 2.14. The van der Waals surface area contributed by atoms with Crippen molar-refractivity contribution in [3.63, 3.8) is 0 Å². The van der Waals surface area contributed by atoms with E-state index in [2.05, 4.69) is 43.2 Å². The second kappa shape index (κ2) is 8.24. The zero-order valence-corrected chi connectivity index (χ0v) is 11.4. The first-order valence-electron chi connectivity index (χ1n) is 6.92. The average Bonchev–Trinajstić information content (AvgIpc) is 2.39. The summed E-state index contributed by atoms with van der Waals surface area (Å²) >= 11 is 0. The number of nitrogens with one attached hydrogen (secondary N) is 1. The normalized spacial score (nSPS) is 14.5. The molecule has 0 fully saturated rings. The first kappa shape index (κ1) is 14.2. The highest BCUT2D eigenvalue weighted by atomic mass is 14.9. The van der Waals surface area contributed by atoms with Crippen LogP contribution in [-0.2, 0) is 0 Å². The predicted molar refractivity (Wildman–Crippen MR) is 74.0 cm³/mol. The van der Waals surface area contributed by atoms with Gasteiger partial charge in [0.25, 0.3) is 0 Å². The zero-order chi connectivity index (χ0) is 12.5. The fourth-order valence-electron chi connectivity index (χ4n) is 2.02. The highest BCUT2D eigenvalue weighted by molar-refractivity contribution is 5.07. The van der Waals surface area contributed by atoms with Gasteiger partial charge in [0.1, 0.15) is 0 Å². The molecule has 1 heterocycles. The number of hydrogen-bond acceptors (Lipinski definition) is 2. The summed E-state index contributed by atoms with van der Waals surface area (Å²) in [5.74, 6) is 0.807. The highest BCUT2D eigenvalue weighted by Gasteiger charge is 2.09. The van der Waals surface area contributed by atoms with Crippen LogP contribution in [0.5, 0.6) is 0 Å². The lowest BCUT2D eigenvalue weighted by Gasteiger charge is -2.19.